The summed E-state index contributed by atoms with van der Waals surface area (Å²) in [5, 5.41) is 1.94. The third-order valence-corrected chi connectivity index (χ3v) is 8.61. The molecule has 0 unspecified atom stereocenters. The lowest BCUT2D eigenvalue weighted by Gasteiger charge is -2.39. The van der Waals surface area contributed by atoms with Crippen molar-refractivity contribution >= 4 is 35.2 Å². The Hall–Kier alpha value is -1.93. The van der Waals surface area contributed by atoms with Crippen molar-refractivity contribution in [2.75, 3.05) is 52.4 Å². The van der Waals surface area contributed by atoms with E-state index in [-0.39, 0.29) is 17.1 Å². The monoisotopic (exact) mass is 523 g/mol. The lowest BCUT2D eigenvalue weighted by Crippen LogP contribution is -2.51. The molecule has 2 aliphatic heterocycles. The molecule has 37 heavy (non-hydrogen) atoms. The number of carbonyl (C=O) groups excluding carboxylic acids is 2. The van der Waals surface area contributed by atoms with Gasteiger partial charge in [0.2, 0.25) is 0 Å². The van der Waals surface area contributed by atoms with Crippen LogP contribution in [-0.2, 0) is 4.74 Å². The molecule has 2 aromatic rings. The first-order valence-corrected chi connectivity index (χ1v) is 14.3. The van der Waals surface area contributed by atoms with E-state index in [2.05, 4.69) is 30.6 Å². The number of thiol groups is 1. The zero-order valence-corrected chi connectivity index (χ0v) is 23.4. The Morgan fingerprint density at radius 1 is 0.946 bits per heavy atom. The van der Waals surface area contributed by atoms with Crippen LogP contribution in [0.3, 0.4) is 0 Å². The number of rotatable bonds is 8. The highest BCUT2D eigenvalue weighted by Gasteiger charge is 2.34. The van der Waals surface area contributed by atoms with Gasteiger partial charge in [0.05, 0.1) is 12.7 Å². The van der Waals surface area contributed by atoms with Crippen molar-refractivity contribution in [3.05, 3.63) is 47.5 Å². The predicted octanol–water partition coefficient (Wildman–Crippen LogP) is 4.58. The van der Waals surface area contributed by atoms with Gasteiger partial charge < -0.3 is 4.74 Å². The molecule has 2 aromatic carbocycles. The van der Waals surface area contributed by atoms with Gasteiger partial charge in [-0.05, 0) is 48.1 Å². The SMILES string of the molecule is C[C@@H]1C[C@@H](OC[C@@H](S)CN2CCN(CCN3C(=O)c4cccc5cccc(c45)C3=O)CC2)CC(C)(C)C1. The first-order valence-electron chi connectivity index (χ1n) is 13.8. The van der Waals surface area contributed by atoms with E-state index in [0.29, 0.717) is 42.3 Å². The van der Waals surface area contributed by atoms with Gasteiger partial charge in [-0.3, -0.25) is 24.3 Å². The van der Waals surface area contributed by atoms with Crippen LogP contribution in [0, 0.1) is 11.3 Å². The third-order valence-electron chi connectivity index (χ3n) is 8.30. The van der Waals surface area contributed by atoms with Crippen LogP contribution in [0.1, 0.15) is 60.7 Å². The maximum Gasteiger partial charge on any atom is 0.261 e. The smallest absolute Gasteiger partial charge is 0.261 e. The number of hydrogen-bond donors (Lipinski definition) is 1. The molecule has 0 spiro atoms. The average Bonchev–Trinajstić information content (AvgIpc) is 2.85. The molecular weight excluding hydrogens is 482 g/mol. The lowest BCUT2D eigenvalue weighted by molar-refractivity contribution is -0.0243. The summed E-state index contributed by atoms with van der Waals surface area (Å²) in [4.78, 5) is 32.5. The maximum atomic E-state index is 13.1. The van der Waals surface area contributed by atoms with E-state index < -0.39 is 0 Å². The second-order valence-electron chi connectivity index (χ2n) is 12.1. The molecule has 1 aliphatic carbocycles. The van der Waals surface area contributed by atoms with Gasteiger partial charge in [-0.1, -0.05) is 45.0 Å². The summed E-state index contributed by atoms with van der Waals surface area (Å²) in [6.45, 7) is 13.6. The minimum absolute atomic E-state index is 0.179. The molecule has 2 amide bonds. The van der Waals surface area contributed by atoms with E-state index in [9.17, 15) is 9.59 Å². The predicted molar refractivity (Wildman–Crippen MR) is 152 cm³/mol. The van der Waals surface area contributed by atoms with Crippen LogP contribution in [-0.4, -0.2) is 90.3 Å². The Labute approximate surface area is 226 Å². The zero-order valence-electron chi connectivity index (χ0n) is 22.5. The first kappa shape index (κ1) is 26.7. The average molecular weight is 524 g/mol. The zero-order chi connectivity index (χ0) is 26.2. The van der Waals surface area contributed by atoms with E-state index in [1.807, 2.05) is 36.4 Å². The van der Waals surface area contributed by atoms with Gasteiger partial charge in [-0.2, -0.15) is 12.6 Å². The Bertz CT molecular complexity index is 1090. The molecule has 3 aliphatic rings. The summed E-state index contributed by atoms with van der Waals surface area (Å²) in [6, 6.07) is 11.4. The van der Waals surface area contributed by atoms with E-state index >= 15 is 0 Å². The third kappa shape index (κ3) is 6.06. The highest BCUT2D eigenvalue weighted by atomic mass is 32.1. The van der Waals surface area contributed by atoms with E-state index in [0.717, 1.165) is 62.3 Å². The number of nitrogens with zero attached hydrogens (tertiary/aromatic N) is 3. The van der Waals surface area contributed by atoms with Crippen LogP contribution in [0.25, 0.3) is 10.8 Å². The molecule has 7 heteroatoms. The van der Waals surface area contributed by atoms with E-state index in [1.54, 1.807) is 0 Å². The molecule has 2 heterocycles. The summed E-state index contributed by atoms with van der Waals surface area (Å²) in [7, 11) is 0. The van der Waals surface area contributed by atoms with Gasteiger partial charge in [0, 0.05) is 67.6 Å². The summed E-state index contributed by atoms with van der Waals surface area (Å²) in [6.07, 6.45) is 3.93. The van der Waals surface area contributed by atoms with Crippen molar-refractivity contribution in [1.29, 1.82) is 0 Å². The fourth-order valence-electron chi connectivity index (χ4n) is 6.70. The number of hydrogen-bond acceptors (Lipinski definition) is 6. The van der Waals surface area contributed by atoms with Crippen LogP contribution in [0.5, 0.6) is 0 Å². The van der Waals surface area contributed by atoms with Gasteiger partial charge in [0.15, 0.2) is 0 Å². The van der Waals surface area contributed by atoms with Crippen LogP contribution in [0.4, 0.5) is 0 Å². The normalized spacial score (nSPS) is 25.6. The molecule has 0 N–H and O–H groups in total. The second-order valence-corrected chi connectivity index (χ2v) is 12.9. The Morgan fingerprint density at radius 3 is 2.19 bits per heavy atom. The van der Waals surface area contributed by atoms with Crippen molar-refractivity contribution < 1.29 is 14.3 Å². The minimum atomic E-state index is -0.179. The fourth-order valence-corrected chi connectivity index (χ4v) is 7.02. The molecule has 2 fully saturated rings. The van der Waals surface area contributed by atoms with Crippen molar-refractivity contribution in [1.82, 2.24) is 14.7 Å². The Kier molecular flexibility index (Phi) is 7.96. The van der Waals surface area contributed by atoms with Gasteiger partial charge in [0.1, 0.15) is 0 Å². The van der Waals surface area contributed by atoms with Crippen LogP contribution in [0.15, 0.2) is 36.4 Å². The number of amides is 2. The molecule has 1 saturated carbocycles. The molecule has 200 valence electrons. The van der Waals surface area contributed by atoms with Crippen molar-refractivity contribution in [3.63, 3.8) is 0 Å². The standard InChI is InChI=1S/C30H41N3O3S/c1-21-16-23(18-30(2,3)17-21)36-20-24(37)19-32-12-10-31(11-13-32)14-15-33-28(34)25-8-4-6-22-7-5-9-26(27(22)25)29(33)35/h4-9,21,23-24,37H,10-20H2,1-3H3/t21-,23-,24+/m1/s1. The minimum Gasteiger partial charge on any atom is -0.377 e. The van der Waals surface area contributed by atoms with Crippen molar-refractivity contribution in [2.24, 2.45) is 11.3 Å². The van der Waals surface area contributed by atoms with Crippen LogP contribution in [0.2, 0.25) is 0 Å². The molecular formula is C30H41N3O3S. The van der Waals surface area contributed by atoms with Crippen LogP contribution < -0.4 is 0 Å². The molecule has 6 nitrogen and oxygen atoms in total. The number of ether oxygens (including phenoxy) is 1. The number of carbonyl (C=O) groups is 2. The number of benzene rings is 2. The number of imide groups is 1. The maximum absolute atomic E-state index is 13.1. The van der Waals surface area contributed by atoms with Crippen molar-refractivity contribution in [3.8, 4) is 0 Å². The van der Waals surface area contributed by atoms with Crippen LogP contribution >= 0.6 is 12.6 Å². The largest absolute Gasteiger partial charge is 0.377 e. The van der Waals surface area contributed by atoms with Gasteiger partial charge in [0.25, 0.3) is 11.8 Å². The summed E-state index contributed by atoms with van der Waals surface area (Å²) in [5.41, 5.74) is 1.63. The summed E-state index contributed by atoms with van der Waals surface area (Å²) < 4.78 is 6.30. The van der Waals surface area contributed by atoms with E-state index in [1.165, 1.54) is 11.3 Å². The van der Waals surface area contributed by atoms with Gasteiger partial charge in [-0.15, -0.1) is 0 Å². The topological polar surface area (TPSA) is 53.1 Å². The molecule has 1 saturated heterocycles. The molecule has 5 rings (SSSR count). The highest BCUT2D eigenvalue weighted by molar-refractivity contribution is 7.81. The van der Waals surface area contributed by atoms with Crippen molar-refractivity contribution in [2.45, 2.75) is 51.4 Å². The molecule has 0 radical (unpaired) electrons. The Balaban J connectivity index is 1.07. The number of piperazine rings is 1. The fraction of sp³-hybridized carbons (Fsp3) is 0.600. The van der Waals surface area contributed by atoms with Gasteiger partial charge in [-0.25, -0.2) is 0 Å². The quantitative estimate of drug-likeness (QED) is 0.405. The molecule has 0 aromatic heterocycles. The Morgan fingerprint density at radius 2 is 1.57 bits per heavy atom. The second kappa shape index (κ2) is 11.0. The summed E-state index contributed by atoms with van der Waals surface area (Å²) >= 11 is 4.84. The van der Waals surface area contributed by atoms with Gasteiger partial charge >= 0.3 is 0 Å². The first-order chi connectivity index (χ1) is 17.7. The molecule has 0 bridgehead atoms. The summed E-state index contributed by atoms with van der Waals surface area (Å²) in [5.74, 6) is 0.363. The van der Waals surface area contributed by atoms with E-state index in [4.69, 9.17) is 17.4 Å². The highest BCUT2D eigenvalue weighted by Crippen LogP contribution is 2.39. The lowest BCUT2D eigenvalue weighted by atomic mass is 9.71. The molecule has 3 atom stereocenters.